The summed E-state index contributed by atoms with van der Waals surface area (Å²) in [5.41, 5.74) is 1.70. The molecule has 0 saturated heterocycles. The summed E-state index contributed by atoms with van der Waals surface area (Å²) in [6, 6.07) is 0.441. The molecule has 0 unspecified atom stereocenters. The fraction of sp³-hybridized carbons (Fsp3) is 0.714. The highest BCUT2D eigenvalue weighted by Crippen LogP contribution is 2.27. The van der Waals surface area contributed by atoms with Crippen LogP contribution in [-0.2, 0) is 13.5 Å². The Morgan fingerprint density at radius 1 is 1.58 bits per heavy atom. The summed E-state index contributed by atoms with van der Waals surface area (Å²) >= 11 is 3.45. The number of aromatic nitrogens is 2. The Kier molecular flexibility index (Phi) is 5.02. The van der Waals surface area contributed by atoms with Gasteiger partial charge >= 0.3 is 0 Å². The third kappa shape index (κ3) is 3.19. The topological polar surface area (TPSA) is 38.1 Å². The van der Waals surface area contributed by atoms with Crippen LogP contribution in [0.5, 0.6) is 0 Å². The van der Waals surface area contributed by atoms with E-state index in [2.05, 4.69) is 25.9 Å². The average Bonchev–Trinajstić information content (AvgIpc) is 2.72. The molecule has 1 saturated carbocycles. The Morgan fingerprint density at radius 3 is 2.84 bits per heavy atom. The van der Waals surface area contributed by atoms with Crippen LogP contribution in [0.3, 0.4) is 0 Å². The maximum absolute atomic E-state index is 12.7. The standard InChI is InChI=1S/C14H22BrN3O/c1-3-13-12(10-17(2)16-13)14(19)18(9-5-8-15)11-6-4-7-11/h10-11H,3-9H2,1-2H3. The number of hydrogen-bond acceptors (Lipinski definition) is 2. The number of rotatable bonds is 6. The van der Waals surface area contributed by atoms with Crippen LogP contribution in [0, 0.1) is 0 Å². The second kappa shape index (κ2) is 6.55. The van der Waals surface area contributed by atoms with Crippen molar-refractivity contribution < 1.29 is 4.79 Å². The highest BCUT2D eigenvalue weighted by Gasteiger charge is 2.30. The first kappa shape index (κ1) is 14.6. The second-order valence-corrected chi connectivity index (χ2v) is 5.94. The lowest BCUT2D eigenvalue weighted by atomic mass is 9.90. The van der Waals surface area contributed by atoms with Crippen LogP contribution in [-0.4, -0.2) is 38.5 Å². The number of amides is 1. The van der Waals surface area contributed by atoms with Gasteiger partial charge in [0.2, 0.25) is 0 Å². The molecule has 0 aliphatic heterocycles. The van der Waals surface area contributed by atoms with Crippen molar-refractivity contribution in [3.63, 3.8) is 0 Å². The zero-order valence-electron chi connectivity index (χ0n) is 11.7. The van der Waals surface area contributed by atoms with E-state index in [4.69, 9.17) is 0 Å². The molecule has 4 nitrogen and oxygen atoms in total. The molecule has 1 amide bonds. The Bertz CT molecular complexity index is 440. The first-order valence-electron chi connectivity index (χ1n) is 7.06. The molecular weight excluding hydrogens is 306 g/mol. The maximum Gasteiger partial charge on any atom is 0.257 e. The SMILES string of the molecule is CCc1nn(C)cc1C(=O)N(CCCBr)C1CCC1. The van der Waals surface area contributed by atoms with Crippen LogP contribution in [0.15, 0.2) is 6.20 Å². The fourth-order valence-corrected chi connectivity index (χ4v) is 2.76. The zero-order chi connectivity index (χ0) is 13.8. The lowest BCUT2D eigenvalue weighted by molar-refractivity contribution is 0.0580. The van der Waals surface area contributed by atoms with Crippen LogP contribution in [0.2, 0.25) is 0 Å². The Hall–Kier alpha value is -0.840. The first-order valence-corrected chi connectivity index (χ1v) is 8.19. The van der Waals surface area contributed by atoms with Gasteiger partial charge in [-0.2, -0.15) is 5.10 Å². The maximum atomic E-state index is 12.7. The number of hydrogen-bond donors (Lipinski definition) is 0. The van der Waals surface area contributed by atoms with Crippen LogP contribution in [0.4, 0.5) is 0 Å². The van der Waals surface area contributed by atoms with Crippen molar-refractivity contribution in [2.24, 2.45) is 7.05 Å². The summed E-state index contributed by atoms with van der Waals surface area (Å²) in [6.45, 7) is 2.89. The summed E-state index contributed by atoms with van der Waals surface area (Å²) in [6.07, 6.45) is 7.21. The molecule has 0 atom stereocenters. The van der Waals surface area contributed by atoms with E-state index in [0.717, 1.165) is 48.8 Å². The van der Waals surface area contributed by atoms with Gasteiger partial charge in [-0.05, 0) is 32.1 Å². The highest BCUT2D eigenvalue weighted by atomic mass is 79.9. The molecular formula is C14H22BrN3O. The van der Waals surface area contributed by atoms with Crippen LogP contribution in [0.1, 0.15) is 48.7 Å². The van der Waals surface area contributed by atoms with Gasteiger partial charge in [-0.15, -0.1) is 0 Å². The number of halogens is 1. The van der Waals surface area contributed by atoms with E-state index in [9.17, 15) is 4.79 Å². The van der Waals surface area contributed by atoms with E-state index in [0.29, 0.717) is 6.04 Å². The molecule has 2 rings (SSSR count). The average molecular weight is 328 g/mol. The molecule has 19 heavy (non-hydrogen) atoms. The molecule has 1 heterocycles. The van der Waals surface area contributed by atoms with Gasteiger partial charge in [0.05, 0.1) is 11.3 Å². The molecule has 1 aromatic heterocycles. The van der Waals surface area contributed by atoms with E-state index < -0.39 is 0 Å². The van der Waals surface area contributed by atoms with Crippen LogP contribution in [0.25, 0.3) is 0 Å². The van der Waals surface area contributed by atoms with Gasteiger partial charge in [0.1, 0.15) is 0 Å². The van der Waals surface area contributed by atoms with Crippen molar-refractivity contribution in [3.8, 4) is 0 Å². The molecule has 0 aromatic carbocycles. The zero-order valence-corrected chi connectivity index (χ0v) is 13.3. The molecule has 1 aliphatic rings. The van der Waals surface area contributed by atoms with Crippen molar-refractivity contribution in [1.29, 1.82) is 0 Å². The van der Waals surface area contributed by atoms with Gasteiger partial charge in [0, 0.05) is 31.2 Å². The van der Waals surface area contributed by atoms with Gasteiger partial charge in [-0.3, -0.25) is 9.48 Å². The third-order valence-electron chi connectivity index (χ3n) is 3.78. The van der Waals surface area contributed by atoms with Gasteiger partial charge in [-0.25, -0.2) is 0 Å². The van der Waals surface area contributed by atoms with E-state index >= 15 is 0 Å². The minimum atomic E-state index is 0.163. The molecule has 1 fully saturated rings. The van der Waals surface area contributed by atoms with Crippen molar-refractivity contribution in [2.45, 2.75) is 45.1 Å². The number of aryl methyl sites for hydroxylation is 2. The molecule has 0 N–H and O–H groups in total. The number of carbonyl (C=O) groups is 1. The summed E-state index contributed by atoms with van der Waals surface area (Å²) in [4.78, 5) is 14.8. The van der Waals surface area contributed by atoms with Crippen molar-refractivity contribution in [1.82, 2.24) is 14.7 Å². The van der Waals surface area contributed by atoms with E-state index in [1.807, 2.05) is 20.2 Å². The molecule has 0 bridgehead atoms. The highest BCUT2D eigenvalue weighted by molar-refractivity contribution is 9.09. The van der Waals surface area contributed by atoms with Crippen molar-refractivity contribution >= 4 is 21.8 Å². The molecule has 106 valence electrons. The predicted octanol–water partition coefficient (Wildman–Crippen LogP) is 2.76. The van der Waals surface area contributed by atoms with Crippen molar-refractivity contribution in [3.05, 3.63) is 17.5 Å². The minimum Gasteiger partial charge on any atom is -0.336 e. The Labute approximate surface area is 123 Å². The lowest BCUT2D eigenvalue weighted by Crippen LogP contribution is -2.45. The van der Waals surface area contributed by atoms with Crippen molar-refractivity contribution in [2.75, 3.05) is 11.9 Å². The number of carbonyl (C=O) groups excluding carboxylic acids is 1. The summed E-state index contributed by atoms with van der Waals surface area (Å²) < 4.78 is 1.75. The summed E-state index contributed by atoms with van der Waals surface area (Å²) in [5, 5.41) is 5.32. The van der Waals surface area contributed by atoms with E-state index in [1.165, 1.54) is 6.42 Å². The number of nitrogens with zero attached hydrogens (tertiary/aromatic N) is 3. The molecule has 5 heteroatoms. The number of alkyl halides is 1. The monoisotopic (exact) mass is 327 g/mol. The third-order valence-corrected chi connectivity index (χ3v) is 4.34. The molecule has 1 aliphatic carbocycles. The fourth-order valence-electron chi connectivity index (χ4n) is 2.51. The largest absolute Gasteiger partial charge is 0.336 e. The van der Waals surface area contributed by atoms with E-state index in [1.54, 1.807) is 4.68 Å². The van der Waals surface area contributed by atoms with Crippen LogP contribution >= 0.6 is 15.9 Å². The smallest absolute Gasteiger partial charge is 0.257 e. The minimum absolute atomic E-state index is 0.163. The van der Waals surface area contributed by atoms with Gasteiger partial charge in [0.15, 0.2) is 0 Å². The first-order chi connectivity index (χ1) is 9.17. The summed E-state index contributed by atoms with van der Waals surface area (Å²) in [7, 11) is 1.88. The van der Waals surface area contributed by atoms with Gasteiger partial charge < -0.3 is 4.90 Å². The van der Waals surface area contributed by atoms with E-state index in [-0.39, 0.29) is 5.91 Å². The molecule has 1 aromatic rings. The van der Waals surface area contributed by atoms with Crippen LogP contribution < -0.4 is 0 Å². The normalized spacial score (nSPS) is 15.3. The predicted molar refractivity (Wildman–Crippen MR) is 79.7 cm³/mol. The Balaban J connectivity index is 2.17. The quantitative estimate of drug-likeness (QED) is 0.753. The lowest BCUT2D eigenvalue weighted by Gasteiger charge is -2.37. The van der Waals surface area contributed by atoms with Gasteiger partial charge in [0.25, 0.3) is 5.91 Å². The second-order valence-electron chi connectivity index (χ2n) is 5.14. The van der Waals surface area contributed by atoms with Gasteiger partial charge in [-0.1, -0.05) is 22.9 Å². The molecule has 0 radical (unpaired) electrons. The Morgan fingerprint density at radius 2 is 2.32 bits per heavy atom. The molecule has 0 spiro atoms. The summed E-state index contributed by atoms with van der Waals surface area (Å²) in [5.74, 6) is 0.163.